The monoisotopic (exact) mass is 382 g/mol. The first-order valence-corrected chi connectivity index (χ1v) is 9.55. The first-order valence-electron chi connectivity index (χ1n) is 8.78. The van der Waals surface area contributed by atoms with E-state index in [2.05, 4.69) is 61.7 Å². The molecule has 0 saturated heterocycles. The van der Waals surface area contributed by atoms with Gasteiger partial charge in [0.2, 0.25) is 0 Å². The van der Waals surface area contributed by atoms with E-state index in [1.807, 2.05) is 29.9 Å². The summed E-state index contributed by atoms with van der Waals surface area (Å²) in [6.45, 7) is 7.14. The van der Waals surface area contributed by atoms with E-state index in [1.54, 1.807) is 6.20 Å². The van der Waals surface area contributed by atoms with E-state index in [0.717, 1.165) is 45.7 Å². The smallest absolute Gasteiger partial charge is 0.180 e. The van der Waals surface area contributed by atoms with Gasteiger partial charge in [-0.3, -0.25) is 14.4 Å². The molecule has 0 fully saturated rings. The summed E-state index contributed by atoms with van der Waals surface area (Å²) >= 11 is 1.44. The summed E-state index contributed by atoms with van der Waals surface area (Å²) < 4.78 is 6.58. The van der Waals surface area contributed by atoms with Crippen molar-refractivity contribution in [2.24, 2.45) is 0 Å². The average Bonchev–Trinajstić information content (AvgIpc) is 3.34. The zero-order valence-corrected chi connectivity index (χ0v) is 16.6. The molecule has 140 valence electrons. The molecule has 0 aliphatic carbocycles. The highest BCUT2D eigenvalue weighted by Gasteiger charge is 2.14. The molecule has 0 saturated carbocycles. The highest BCUT2D eigenvalue weighted by molar-refractivity contribution is 7.10. The third-order valence-electron chi connectivity index (χ3n) is 4.50. The Labute approximate surface area is 161 Å². The molecule has 2 N–H and O–H groups in total. The summed E-state index contributed by atoms with van der Waals surface area (Å²) in [7, 11) is 2.10. The molecule has 0 amide bonds. The molecule has 0 unspecified atom stereocenters. The van der Waals surface area contributed by atoms with E-state index in [1.165, 1.54) is 11.5 Å². The van der Waals surface area contributed by atoms with Gasteiger partial charge < -0.3 is 5.32 Å². The second kappa shape index (κ2) is 7.09. The van der Waals surface area contributed by atoms with Crippen LogP contribution in [0.4, 0.5) is 10.8 Å². The lowest BCUT2D eigenvalue weighted by Gasteiger charge is -2.19. The summed E-state index contributed by atoms with van der Waals surface area (Å²) in [6, 6.07) is 2.55. The molecule has 0 bridgehead atoms. The lowest BCUT2D eigenvalue weighted by Crippen LogP contribution is -2.25. The van der Waals surface area contributed by atoms with Gasteiger partial charge in [-0.25, -0.2) is 9.97 Å². The number of nitrogens with one attached hydrogen (secondary N) is 2. The minimum Gasteiger partial charge on any atom is -0.328 e. The van der Waals surface area contributed by atoms with Crippen LogP contribution in [0.1, 0.15) is 25.2 Å². The van der Waals surface area contributed by atoms with Gasteiger partial charge in [-0.05, 0) is 45.4 Å². The zero-order chi connectivity index (χ0) is 19.0. The molecule has 9 heteroatoms. The first-order chi connectivity index (χ1) is 13.0. The van der Waals surface area contributed by atoms with Gasteiger partial charge in [-0.15, -0.1) is 0 Å². The van der Waals surface area contributed by atoms with Crippen molar-refractivity contribution in [2.45, 2.75) is 33.4 Å². The molecular weight excluding hydrogens is 360 g/mol. The lowest BCUT2D eigenvalue weighted by atomic mass is 10.3. The van der Waals surface area contributed by atoms with Crippen molar-refractivity contribution in [3.8, 4) is 11.3 Å². The summed E-state index contributed by atoms with van der Waals surface area (Å²) in [4.78, 5) is 11.5. The molecule has 4 aromatic heterocycles. The molecule has 0 aromatic carbocycles. The summed E-state index contributed by atoms with van der Waals surface area (Å²) in [6.07, 6.45) is 7.45. The maximum Gasteiger partial charge on any atom is 0.180 e. The molecule has 0 aliphatic heterocycles. The minimum absolute atomic E-state index is 0.479. The molecule has 8 nitrogen and oxygen atoms in total. The van der Waals surface area contributed by atoms with Crippen LogP contribution in [0.25, 0.3) is 16.9 Å². The molecule has 4 rings (SSSR count). The third kappa shape index (κ3) is 3.56. The number of rotatable bonds is 6. The van der Waals surface area contributed by atoms with E-state index in [4.69, 9.17) is 0 Å². The Hall–Kier alpha value is -2.78. The molecule has 0 atom stereocenters. The SMILES string of the molecule is Cc1cn2c(-c3cn[nH]c3)cnc2c(Nc2cc(CN(C)C(C)C)ns2)n1. The lowest BCUT2D eigenvalue weighted by molar-refractivity contribution is 0.263. The van der Waals surface area contributed by atoms with Gasteiger partial charge in [0.05, 0.1) is 29.5 Å². The number of nitrogens with zero attached hydrogens (tertiary/aromatic N) is 6. The van der Waals surface area contributed by atoms with Crippen molar-refractivity contribution in [2.75, 3.05) is 12.4 Å². The first kappa shape index (κ1) is 17.6. The van der Waals surface area contributed by atoms with Gasteiger partial charge in [0.1, 0.15) is 5.00 Å². The largest absolute Gasteiger partial charge is 0.328 e. The third-order valence-corrected chi connectivity index (χ3v) is 5.24. The van der Waals surface area contributed by atoms with Crippen molar-refractivity contribution in [1.82, 2.24) is 33.8 Å². The van der Waals surface area contributed by atoms with E-state index in [-0.39, 0.29) is 0 Å². The van der Waals surface area contributed by atoms with Crippen LogP contribution < -0.4 is 5.32 Å². The Kier molecular flexibility index (Phi) is 4.63. The normalized spacial score (nSPS) is 11.8. The second-order valence-corrected chi connectivity index (χ2v) is 7.68. The maximum atomic E-state index is 4.64. The van der Waals surface area contributed by atoms with Gasteiger partial charge in [0.25, 0.3) is 0 Å². The number of anilines is 2. The molecule has 0 spiro atoms. The summed E-state index contributed by atoms with van der Waals surface area (Å²) in [5, 5.41) is 11.2. The van der Waals surface area contributed by atoms with Crippen LogP contribution in [0.2, 0.25) is 0 Å². The molecule has 0 aliphatic rings. The summed E-state index contributed by atoms with van der Waals surface area (Å²) in [5.41, 5.74) is 4.67. The van der Waals surface area contributed by atoms with Gasteiger partial charge in [0, 0.05) is 30.5 Å². The number of hydrogen-bond acceptors (Lipinski definition) is 7. The summed E-state index contributed by atoms with van der Waals surface area (Å²) in [5.74, 6) is 0.720. The van der Waals surface area contributed by atoms with Crippen molar-refractivity contribution >= 4 is 28.0 Å². The number of aryl methyl sites for hydroxylation is 1. The van der Waals surface area contributed by atoms with E-state index < -0.39 is 0 Å². The standard InChI is InChI=1S/C18H22N8S/c1-11(2)25(4)10-14-5-16(27-24-14)23-17-18-19-8-15(13-6-20-21-7-13)26(18)9-12(3)22-17/h5-9,11H,10H2,1-4H3,(H,20,21)(H,22,23). The van der Waals surface area contributed by atoms with Crippen LogP contribution in [0.5, 0.6) is 0 Å². The van der Waals surface area contributed by atoms with Crippen LogP contribution in [-0.2, 0) is 6.54 Å². The van der Waals surface area contributed by atoms with Gasteiger partial charge >= 0.3 is 0 Å². The molecular formula is C18H22N8S. The van der Waals surface area contributed by atoms with Crippen molar-refractivity contribution < 1.29 is 0 Å². The van der Waals surface area contributed by atoms with Gasteiger partial charge in [-0.1, -0.05) is 0 Å². The maximum absolute atomic E-state index is 4.64. The Balaban J connectivity index is 1.64. The van der Waals surface area contributed by atoms with Crippen molar-refractivity contribution in [3.05, 3.63) is 42.2 Å². The van der Waals surface area contributed by atoms with Gasteiger partial charge in [0.15, 0.2) is 11.5 Å². The van der Waals surface area contributed by atoms with Crippen LogP contribution in [0.15, 0.2) is 30.9 Å². The number of hydrogen-bond donors (Lipinski definition) is 2. The second-order valence-electron chi connectivity index (χ2n) is 6.87. The van der Waals surface area contributed by atoms with Crippen molar-refractivity contribution in [3.63, 3.8) is 0 Å². The number of fused-ring (bicyclic) bond motifs is 1. The predicted molar refractivity (Wildman–Crippen MR) is 107 cm³/mol. The van der Waals surface area contributed by atoms with E-state index in [0.29, 0.717) is 6.04 Å². The van der Waals surface area contributed by atoms with E-state index >= 15 is 0 Å². The predicted octanol–water partition coefficient (Wildman–Crippen LogP) is 3.47. The van der Waals surface area contributed by atoms with E-state index in [9.17, 15) is 0 Å². The Morgan fingerprint density at radius 3 is 2.93 bits per heavy atom. The number of imidazole rings is 1. The molecule has 4 aromatic rings. The fraction of sp³-hybridized carbons (Fsp3) is 0.333. The van der Waals surface area contributed by atoms with Crippen LogP contribution >= 0.6 is 11.5 Å². The Morgan fingerprint density at radius 2 is 2.19 bits per heavy atom. The van der Waals surface area contributed by atoms with Crippen LogP contribution in [-0.4, -0.2) is 46.9 Å². The zero-order valence-electron chi connectivity index (χ0n) is 15.8. The number of aromatic nitrogens is 6. The molecule has 4 heterocycles. The minimum atomic E-state index is 0.479. The van der Waals surface area contributed by atoms with Crippen molar-refractivity contribution in [1.29, 1.82) is 0 Å². The Morgan fingerprint density at radius 1 is 1.33 bits per heavy atom. The molecule has 0 radical (unpaired) electrons. The average molecular weight is 382 g/mol. The van der Waals surface area contributed by atoms with Crippen LogP contribution in [0, 0.1) is 6.92 Å². The highest BCUT2D eigenvalue weighted by Crippen LogP contribution is 2.27. The Bertz CT molecular complexity index is 1050. The fourth-order valence-electron chi connectivity index (χ4n) is 2.80. The topological polar surface area (TPSA) is 87.0 Å². The fourth-order valence-corrected chi connectivity index (χ4v) is 3.45. The van der Waals surface area contributed by atoms with Crippen LogP contribution in [0.3, 0.4) is 0 Å². The number of H-pyrrole nitrogens is 1. The molecule has 27 heavy (non-hydrogen) atoms. The quantitative estimate of drug-likeness (QED) is 0.531. The highest BCUT2D eigenvalue weighted by atomic mass is 32.1. The number of aromatic amines is 1. The van der Waals surface area contributed by atoms with Gasteiger partial charge in [-0.2, -0.15) is 9.47 Å².